The van der Waals surface area contributed by atoms with Crippen LogP contribution in [0.5, 0.6) is 0 Å². The molecule has 0 bridgehead atoms. The van der Waals surface area contributed by atoms with E-state index < -0.39 is 10.5 Å². The van der Waals surface area contributed by atoms with Crippen LogP contribution in [0.3, 0.4) is 0 Å². The van der Waals surface area contributed by atoms with Crippen molar-refractivity contribution in [3.8, 4) is 0 Å². The quantitative estimate of drug-likeness (QED) is 0.682. The maximum absolute atomic E-state index is 12.1. The van der Waals surface area contributed by atoms with Gasteiger partial charge in [-0.25, -0.2) is 4.79 Å². The van der Waals surface area contributed by atoms with E-state index in [1.54, 1.807) is 11.0 Å². The Bertz CT molecular complexity index is 610. The highest BCUT2D eigenvalue weighted by Crippen LogP contribution is 2.25. The van der Waals surface area contributed by atoms with E-state index in [-0.39, 0.29) is 17.8 Å². The molecule has 1 aromatic carbocycles. The van der Waals surface area contributed by atoms with Gasteiger partial charge in [0.05, 0.1) is 4.92 Å². The van der Waals surface area contributed by atoms with Gasteiger partial charge in [0.15, 0.2) is 0 Å². The number of rotatable bonds is 3. The maximum atomic E-state index is 12.1. The number of ether oxygens (including phenoxy) is 1. The minimum atomic E-state index is -0.515. The molecule has 1 aliphatic heterocycles. The van der Waals surface area contributed by atoms with Crippen molar-refractivity contribution in [3.63, 3.8) is 0 Å². The van der Waals surface area contributed by atoms with Crippen LogP contribution in [0.15, 0.2) is 18.2 Å². The molecule has 7 nitrogen and oxygen atoms in total. The van der Waals surface area contributed by atoms with Crippen molar-refractivity contribution in [3.05, 3.63) is 33.9 Å². The van der Waals surface area contributed by atoms with E-state index in [1.807, 2.05) is 27.7 Å². The zero-order valence-corrected chi connectivity index (χ0v) is 14.0. The molecule has 1 aromatic rings. The smallest absolute Gasteiger partial charge is 0.410 e. The third kappa shape index (κ3) is 4.58. The third-order valence-corrected chi connectivity index (χ3v) is 3.63. The molecule has 1 fully saturated rings. The van der Waals surface area contributed by atoms with Crippen LogP contribution >= 0.6 is 0 Å². The number of hydrogen-bond acceptors (Lipinski definition) is 5. The number of nitrogens with zero attached hydrogens (tertiary/aromatic N) is 2. The molecular weight excluding hydrogens is 298 g/mol. The zero-order chi connectivity index (χ0) is 17.2. The number of nitrogens with one attached hydrogen (secondary N) is 1. The molecule has 7 heteroatoms. The van der Waals surface area contributed by atoms with E-state index in [9.17, 15) is 14.9 Å². The number of amides is 1. The van der Waals surface area contributed by atoms with E-state index in [2.05, 4.69) is 5.32 Å². The van der Waals surface area contributed by atoms with Crippen LogP contribution in [0.1, 0.15) is 32.8 Å². The standard InChI is InChI=1S/C16H23N3O4/c1-11-5-6-13(19(21)22)9-14(11)17-12-7-8-18(10-12)15(20)23-16(2,3)4/h5-6,9,12,17H,7-8,10H2,1-4H3. The van der Waals surface area contributed by atoms with Crippen LogP contribution in [0.4, 0.5) is 16.2 Å². The minimum absolute atomic E-state index is 0.0556. The molecular formula is C16H23N3O4. The predicted molar refractivity (Wildman–Crippen MR) is 87.7 cm³/mol. The van der Waals surface area contributed by atoms with Crippen molar-refractivity contribution in [1.29, 1.82) is 0 Å². The Morgan fingerprint density at radius 2 is 2.13 bits per heavy atom. The lowest BCUT2D eigenvalue weighted by Crippen LogP contribution is -2.36. The molecule has 23 heavy (non-hydrogen) atoms. The number of carbonyl (C=O) groups excluding carboxylic acids is 1. The Morgan fingerprint density at radius 1 is 1.43 bits per heavy atom. The van der Waals surface area contributed by atoms with Gasteiger partial charge in [-0.3, -0.25) is 10.1 Å². The van der Waals surface area contributed by atoms with Crippen molar-refractivity contribution in [2.45, 2.75) is 45.8 Å². The number of nitro groups is 1. The lowest BCUT2D eigenvalue weighted by atomic mass is 10.1. The highest BCUT2D eigenvalue weighted by atomic mass is 16.6. The van der Waals surface area contributed by atoms with Crippen LogP contribution in [-0.4, -0.2) is 40.6 Å². The van der Waals surface area contributed by atoms with Crippen LogP contribution in [0.2, 0.25) is 0 Å². The van der Waals surface area contributed by atoms with E-state index >= 15 is 0 Å². The fraction of sp³-hybridized carbons (Fsp3) is 0.562. The van der Waals surface area contributed by atoms with E-state index in [0.717, 1.165) is 17.7 Å². The predicted octanol–water partition coefficient (Wildman–Crippen LogP) is 3.32. The summed E-state index contributed by atoms with van der Waals surface area (Å²) < 4.78 is 5.36. The molecule has 1 unspecified atom stereocenters. The summed E-state index contributed by atoms with van der Waals surface area (Å²) >= 11 is 0. The van der Waals surface area contributed by atoms with E-state index in [0.29, 0.717) is 13.1 Å². The Hall–Kier alpha value is -2.31. The van der Waals surface area contributed by atoms with Crippen LogP contribution < -0.4 is 5.32 Å². The van der Waals surface area contributed by atoms with Crippen molar-refractivity contribution < 1.29 is 14.5 Å². The second kappa shape index (κ2) is 6.44. The van der Waals surface area contributed by atoms with Gasteiger partial charge in [-0.05, 0) is 39.7 Å². The lowest BCUT2D eigenvalue weighted by Gasteiger charge is -2.24. The summed E-state index contributed by atoms with van der Waals surface area (Å²) in [6.07, 6.45) is 0.457. The fourth-order valence-electron chi connectivity index (χ4n) is 2.47. The van der Waals surface area contributed by atoms with Gasteiger partial charge in [-0.2, -0.15) is 0 Å². The van der Waals surface area contributed by atoms with Gasteiger partial charge in [0, 0.05) is 37.0 Å². The minimum Gasteiger partial charge on any atom is -0.444 e. The molecule has 0 aromatic heterocycles. The highest BCUT2D eigenvalue weighted by molar-refractivity contribution is 5.69. The molecule has 0 spiro atoms. The summed E-state index contributed by atoms with van der Waals surface area (Å²) in [6.45, 7) is 8.54. The number of non-ortho nitro benzene ring substituents is 1. The summed E-state index contributed by atoms with van der Waals surface area (Å²) in [5.41, 5.74) is 1.21. The summed E-state index contributed by atoms with van der Waals surface area (Å²) in [4.78, 5) is 24.2. The summed E-state index contributed by atoms with van der Waals surface area (Å²) in [6, 6.07) is 4.80. The first-order valence-corrected chi connectivity index (χ1v) is 7.65. The molecule has 0 aliphatic carbocycles. The molecule has 1 N–H and O–H groups in total. The highest BCUT2D eigenvalue weighted by Gasteiger charge is 2.30. The van der Waals surface area contributed by atoms with Gasteiger partial charge < -0.3 is 15.0 Å². The van der Waals surface area contributed by atoms with Gasteiger partial charge in [0.2, 0.25) is 0 Å². The summed E-state index contributed by atoms with van der Waals surface area (Å²) in [5, 5.41) is 14.2. The fourth-order valence-corrected chi connectivity index (χ4v) is 2.47. The SMILES string of the molecule is Cc1ccc([N+](=O)[O-])cc1NC1CCN(C(=O)OC(C)(C)C)C1. The monoisotopic (exact) mass is 321 g/mol. The van der Waals surface area contributed by atoms with Gasteiger partial charge in [-0.15, -0.1) is 0 Å². The Morgan fingerprint density at radius 3 is 2.74 bits per heavy atom. The number of likely N-dealkylation sites (tertiary alicyclic amines) is 1. The van der Waals surface area contributed by atoms with Crippen LogP contribution in [-0.2, 0) is 4.74 Å². The Labute approximate surface area is 135 Å². The topological polar surface area (TPSA) is 84.7 Å². The van der Waals surface area contributed by atoms with E-state index in [4.69, 9.17) is 4.74 Å². The molecule has 1 saturated heterocycles. The Balaban J connectivity index is 1.99. The molecule has 0 saturated carbocycles. The molecule has 1 heterocycles. The van der Waals surface area contributed by atoms with Gasteiger partial charge in [-0.1, -0.05) is 6.07 Å². The van der Waals surface area contributed by atoms with Gasteiger partial charge in [0.1, 0.15) is 5.60 Å². The zero-order valence-electron chi connectivity index (χ0n) is 14.0. The number of hydrogen-bond donors (Lipinski definition) is 1. The molecule has 1 amide bonds. The van der Waals surface area contributed by atoms with Crippen LogP contribution in [0.25, 0.3) is 0 Å². The molecule has 2 rings (SSSR count). The number of nitro benzene ring substituents is 1. The van der Waals surface area contributed by atoms with Crippen molar-refractivity contribution >= 4 is 17.5 Å². The summed E-state index contributed by atoms with van der Waals surface area (Å²) in [7, 11) is 0. The lowest BCUT2D eigenvalue weighted by molar-refractivity contribution is -0.384. The second-order valence-corrected chi connectivity index (χ2v) is 6.81. The first-order valence-electron chi connectivity index (χ1n) is 7.65. The largest absolute Gasteiger partial charge is 0.444 e. The molecule has 1 atom stereocenters. The number of carbonyl (C=O) groups is 1. The Kier molecular flexibility index (Phi) is 4.77. The van der Waals surface area contributed by atoms with Crippen molar-refractivity contribution in [2.75, 3.05) is 18.4 Å². The molecule has 1 aliphatic rings. The third-order valence-electron chi connectivity index (χ3n) is 3.63. The average molecular weight is 321 g/mol. The van der Waals surface area contributed by atoms with Gasteiger partial charge in [0.25, 0.3) is 5.69 Å². The van der Waals surface area contributed by atoms with Crippen LogP contribution in [0, 0.1) is 17.0 Å². The number of anilines is 1. The first kappa shape index (κ1) is 17.1. The van der Waals surface area contributed by atoms with Gasteiger partial charge >= 0.3 is 6.09 Å². The average Bonchev–Trinajstić information content (AvgIpc) is 2.88. The van der Waals surface area contributed by atoms with Crippen molar-refractivity contribution in [2.24, 2.45) is 0 Å². The summed E-state index contributed by atoms with van der Waals surface area (Å²) in [5.74, 6) is 0. The number of benzene rings is 1. The number of aryl methyl sites for hydroxylation is 1. The van der Waals surface area contributed by atoms with Crippen molar-refractivity contribution in [1.82, 2.24) is 4.90 Å². The molecule has 0 radical (unpaired) electrons. The van der Waals surface area contributed by atoms with E-state index in [1.165, 1.54) is 12.1 Å². The molecule has 126 valence electrons. The normalized spacial score (nSPS) is 17.9. The first-order chi connectivity index (χ1) is 10.7. The second-order valence-electron chi connectivity index (χ2n) is 6.81. The maximum Gasteiger partial charge on any atom is 0.410 e.